The predicted octanol–water partition coefficient (Wildman–Crippen LogP) is 3.98. The lowest BCUT2D eigenvalue weighted by atomic mass is 10.2. The van der Waals surface area contributed by atoms with Crippen LogP contribution in [0.25, 0.3) is 21.9 Å². The number of rotatable bonds is 7. The third-order valence-corrected chi connectivity index (χ3v) is 4.90. The molecule has 0 atom stereocenters. The van der Waals surface area contributed by atoms with E-state index >= 15 is 0 Å². The molecule has 0 aliphatic carbocycles. The van der Waals surface area contributed by atoms with Gasteiger partial charge in [0.15, 0.2) is 0 Å². The van der Waals surface area contributed by atoms with Gasteiger partial charge >= 0.3 is 5.63 Å². The first-order valence-corrected chi connectivity index (χ1v) is 10.0. The molecule has 2 aromatic carbocycles. The molecule has 154 valence electrons. The summed E-state index contributed by atoms with van der Waals surface area (Å²) < 4.78 is 12.4. The molecule has 4 rings (SSSR count). The molecule has 0 bridgehead atoms. The standard InChI is InChI=1S/C23H23N3O4/c1-3-13-25(16-9-11-17(12-10-16)29-4-2)21(27)15-26-22-18-7-5-6-8-20(18)30-23(28)19(22)14-24-26/h5-12,14H,3-4,13,15H2,1-2H3. The van der Waals surface area contributed by atoms with Gasteiger partial charge in [0.25, 0.3) is 0 Å². The van der Waals surface area contributed by atoms with Crippen molar-refractivity contribution in [3.63, 3.8) is 0 Å². The Labute approximate surface area is 173 Å². The summed E-state index contributed by atoms with van der Waals surface area (Å²) in [5.74, 6) is 0.657. The number of nitrogens with zero attached hydrogens (tertiary/aromatic N) is 3. The summed E-state index contributed by atoms with van der Waals surface area (Å²) in [6.45, 7) is 5.14. The number of fused-ring (bicyclic) bond motifs is 3. The van der Waals surface area contributed by atoms with E-state index in [1.807, 2.05) is 50.2 Å². The largest absolute Gasteiger partial charge is 0.494 e. The molecule has 0 aliphatic heterocycles. The first-order valence-electron chi connectivity index (χ1n) is 10.0. The van der Waals surface area contributed by atoms with Crippen molar-refractivity contribution < 1.29 is 13.9 Å². The van der Waals surface area contributed by atoms with Crippen LogP contribution < -0.4 is 15.3 Å². The number of hydrogen-bond donors (Lipinski definition) is 0. The molecule has 0 unspecified atom stereocenters. The molecule has 0 spiro atoms. The number of para-hydroxylation sites is 1. The molecular weight excluding hydrogens is 382 g/mol. The first kappa shape index (κ1) is 19.7. The van der Waals surface area contributed by atoms with Crippen molar-refractivity contribution in [2.75, 3.05) is 18.1 Å². The maximum Gasteiger partial charge on any atom is 0.347 e. The second-order valence-corrected chi connectivity index (χ2v) is 6.92. The van der Waals surface area contributed by atoms with Crippen molar-refractivity contribution in [1.82, 2.24) is 9.78 Å². The van der Waals surface area contributed by atoms with E-state index in [4.69, 9.17) is 9.15 Å². The van der Waals surface area contributed by atoms with Gasteiger partial charge in [-0.05, 0) is 49.7 Å². The number of carbonyl (C=O) groups is 1. The molecule has 0 fully saturated rings. The summed E-state index contributed by atoms with van der Waals surface area (Å²) in [5, 5.41) is 5.43. The summed E-state index contributed by atoms with van der Waals surface area (Å²) in [5.41, 5.74) is 1.42. The van der Waals surface area contributed by atoms with Crippen molar-refractivity contribution in [1.29, 1.82) is 0 Å². The van der Waals surface area contributed by atoms with Gasteiger partial charge in [0.05, 0.1) is 18.3 Å². The number of carbonyl (C=O) groups excluding carboxylic acids is 1. The minimum atomic E-state index is -0.459. The Bertz CT molecular complexity index is 1240. The van der Waals surface area contributed by atoms with Gasteiger partial charge in [0.1, 0.15) is 23.3 Å². The maximum absolute atomic E-state index is 13.2. The van der Waals surface area contributed by atoms with Crippen molar-refractivity contribution in [2.45, 2.75) is 26.8 Å². The Morgan fingerprint density at radius 3 is 2.60 bits per heavy atom. The third-order valence-electron chi connectivity index (χ3n) is 4.90. The van der Waals surface area contributed by atoms with Gasteiger partial charge in [-0.25, -0.2) is 4.79 Å². The highest BCUT2D eigenvalue weighted by Gasteiger charge is 2.19. The molecule has 30 heavy (non-hydrogen) atoms. The average Bonchev–Trinajstić information content (AvgIpc) is 3.17. The molecule has 0 aliphatic rings. The average molecular weight is 405 g/mol. The van der Waals surface area contributed by atoms with Crippen LogP contribution in [-0.2, 0) is 11.3 Å². The zero-order valence-electron chi connectivity index (χ0n) is 17.0. The van der Waals surface area contributed by atoms with E-state index in [0.717, 1.165) is 23.2 Å². The molecule has 2 heterocycles. The highest BCUT2D eigenvalue weighted by Crippen LogP contribution is 2.24. The second-order valence-electron chi connectivity index (χ2n) is 6.92. The summed E-state index contributed by atoms with van der Waals surface area (Å²) >= 11 is 0. The Kier molecular flexibility index (Phi) is 5.52. The van der Waals surface area contributed by atoms with Crippen LogP contribution in [0.15, 0.2) is 63.9 Å². The lowest BCUT2D eigenvalue weighted by Gasteiger charge is -2.23. The van der Waals surface area contributed by atoms with Gasteiger partial charge in [-0.2, -0.15) is 5.10 Å². The van der Waals surface area contributed by atoms with Gasteiger partial charge < -0.3 is 14.1 Å². The van der Waals surface area contributed by atoms with Crippen molar-refractivity contribution in [3.05, 3.63) is 65.1 Å². The van der Waals surface area contributed by atoms with Crippen LogP contribution in [0, 0.1) is 0 Å². The molecular formula is C23H23N3O4. The topological polar surface area (TPSA) is 77.6 Å². The summed E-state index contributed by atoms with van der Waals surface area (Å²) in [4.78, 5) is 27.2. The number of aromatic nitrogens is 2. The zero-order valence-corrected chi connectivity index (χ0v) is 17.0. The summed E-state index contributed by atoms with van der Waals surface area (Å²) in [6.07, 6.45) is 2.27. The van der Waals surface area contributed by atoms with Crippen molar-refractivity contribution >= 4 is 33.5 Å². The molecule has 0 saturated heterocycles. The quantitative estimate of drug-likeness (QED) is 0.435. The number of amides is 1. The van der Waals surface area contributed by atoms with E-state index in [2.05, 4.69) is 5.10 Å². The van der Waals surface area contributed by atoms with Crippen molar-refractivity contribution in [2.24, 2.45) is 0 Å². The van der Waals surface area contributed by atoms with Crippen LogP contribution in [0.3, 0.4) is 0 Å². The van der Waals surface area contributed by atoms with Crippen LogP contribution in [0.1, 0.15) is 20.3 Å². The number of ether oxygens (including phenoxy) is 1. The van der Waals surface area contributed by atoms with Crippen LogP contribution in [0.5, 0.6) is 5.75 Å². The normalized spacial score (nSPS) is 11.1. The van der Waals surface area contributed by atoms with Crippen LogP contribution >= 0.6 is 0 Å². The van der Waals surface area contributed by atoms with E-state index in [0.29, 0.717) is 29.6 Å². The van der Waals surface area contributed by atoms with Gasteiger partial charge in [0, 0.05) is 17.6 Å². The smallest absolute Gasteiger partial charge is 0.347 e. The predicted molar refractivity (Wildman–Crippen MR) is 116 cm³/mol. The van der Waals surface area contributed by atoms with Crippen LogP contribution in [-0.4, -0.2) is 28.8 Å². The lowest BCUT2D eigenvalue weighted by Crippen LogP contribution is -2.34. The monoisotopic (exact) mass is 405 g/mol. The molecule has 1 amide bonds. The van der Waals surface area contributed by atoms with Crippen LogP contribution in [0.2, 0.25) is 0 Å². The molecule has 0 radical (unpaired) electrons. The van der Waals surface area contributed by atoms with Crippen molar-refractivity contribution in [3.8, 4) is 5.75 Å². The molecule has 7 nitrogen and oxygen atoms in total. The Hall–Kier alpha value is -3.61. The van der Waals surface area contributed by atoms with Gasteiger partial charge in [-0.3, -0.25) is 9.48 Å². The minimum Gasteiger partial charge on any atom is -0.494 e. The zero-order chi connectivity index (χ0) is 21.1. The van der Waals surface area contributed by atoms with E-state index < -0.39 is 5.63 Å². The molecule has 0 N–H and O–H groups in total. The van der Waals surface area contributed by atoms with E-state index in [1.165, 1.54) is 6.20 Å². The van der Waals surface area contributed by atoms with E-state index in [1.54, 1.807) is 21.7 Å². The first-order chi connectivity index (χ1) is 14.6. The SMILES string of the molecule is CCCN(C(=O)Cn1ncc2c(=O)oc3ccccc3c21)c1ccc(OCC)cc1. The van der Waals surface area contributed by atoms with Crippen LogP contribution in [0.4, 0.5) is 5.69 Å². The Balaban J connectivity index is 1.69. The molecule has 4 aromatic rings. The minimum absolute atomic E-state index is 0.0180. The van der Waals surface area contributed by atoms with Gasteiger partial charge in [-0.1, -0.05) is 19.1 Å². The molecule has 2 aromatic heterocycles. The Morgan fingerprint density at radius 2 is 1.87 bits per heavy atom. The number of hydrogen-bond acceptors (Lipinski definition) is 5. The fourth-order valence-electron chi connectivity index (χ4n) is 3.57. The third kappa shape index (κ3) is 3.66. The molecule has 0 saturated carbocycles. The van der Waals surface area contributed by atoms with E-state index in [9.17, 15) is 9.59 Å². The van der Waals surface area contributed by atoms with Gasteiger partial charge in [-0.15, -0.1) is 0 Å². The highest BCUT2D eigenvalue weighted by atomic mass is 16.5. The van der Waals surface area contributed by atoms with Gasteiger partial charge in [0.2, 0.25) is 5.91 Å². The fourth-order valence-corrected chi connectivity index (χ4v) is 3.57. The number of anilines is 1. The number of benzene rings is 2. The van der Waals surface area contributed by atoms with E-state index in [-0.39, 0.29) is 12.5 Å². The highest BCUT2D eigenvalue weighted by molar-refractivity contribution is 6.03. The fraction of sp³-hybridized carbons (Fsp3) is 0.261. The lowest BCUT2D eigenvalue weighted by molar-refractivity contribution is -0.119. The second kappa shape index (κ2) is 8.41. The maximum atomic E-state index is 13.2. The summed E-state index contributed by atoms with van der Waals surface area (Å²) in [6, 6.07) is 14.7. The Morgan fingerprint density at radius 1 is 1.10 bits per heavy atom. The summed E-state index contributed by atoms with van der Waals surface area (Å²) in [7, 11) is 0. The molecule has 7 heteroatoms.